The first kappa shape index (κ1) is 18.2. The lowest BCUT2D eigenvalue weighted by molar-refractivity contribution is -0.121. The molecule has 0 atom stereocenters. The normalized spacial score (nSPS) is 10.9. The molecule has 6 nitrogen and oxygen atoms in total. The van der Waals surface area contributed by atoms with E-state index in [-0.39, 0.29) is 12.3 Å². The smallest absolute Gasteiger partial charge is 0.251 e. The molecule has 3 rings (SSSR count). The second kappa shape index (κ2) is 8.19. The van der Waals surface area contributed by atoms with E-state index in [2.05, 4.69) is 15.5 Å². The molecule has 7 heteroatoms. The molecule has 0 aliphatic rings. The van der Waals surface area contributed by atoms with Crippen LogP contribution >= 0.6 is 11.6 Å². The number of carbonyl (C=O) groups is 1. The highest BCUT2D eigenvalue weighted by molar-refractivity contribution is 6.31. The number of halogens is 1. The summed E-state index contributed by atoms with van der Waals surface area (Å²) in [6.45, 7) is 4.24. The topological polar surface area (TPSA) is 81.2 Å². The second-order valence-corrected chi connectivity index (χ2v) is 6.43. The van der Waals surface area contributed by atoms with E-state index in [1.54, 1.807) is 0 Å². The van der Waals surface area contributed by atoms with Crippen molar-refractivity contribution in [2.45, 2.75) is 33.1 Å². The van der Waals surface area contributed by atoms with Crippen molar-refractivity contribution in [3.63, 3.8) is 0 Å². The molecule has 0 fully saturated rings. The maximum Gasteiger partial charge on any atom is 0.251 e. The predicted octanol–water partition coefficient (Wildman–Crippen LogP) is 3.89. The third-order valence-electron chi connectivity index (χ3n) is 3.98. The summed E-state index contributed by atoms with van der Waals surface area (Å²) >= 11 is 6.10. The van der Waals surface area contributed by atoms with Crippen molar-refractivity contribution in [3.05, 3.63) is 58.3 Å². The number of carbonyl (C=O) groups excluding carboxylic acids is 1. The van der Waals surface area contributed by atoms with Gasteiger partial charge in [0.25, 0.3) is 5.89 Å². The molecule has 0 aliphatic heterocycles. The van der Waals surface area contributed by atoms with Gasteiger partial charge in [-0.1, -0.05) is 29.8 Å². The van der Waals surface area contributed by atoms with Gasteiger partial charge >= 0.3 is 0 Å². The number of hydrogen-bond donors (Lipinski definition) is 1. The molecule has 0 radical (unpaired) electrons. The number of hydrogen-bond acceptors (Lipinski definition) is 5. The van der Waals surface area contributed by atoms with Crippen LogP contribution in [0.25, 0.3) is 11.5 Å². The number of amides is 1. The first-order valence-electron chi connectivity index (χ1n) is 8.43. The Balaban J connectivity index is 1.46. The minimum absolute atomic E-state index is 0.0628. The van der Waals surface area contributed by atoms with Crippen LogP contribution < -0.4 is 5.32 Å². The predicted molar refractivity (Wildman–Crippen MR) is 98.0 cm³/mol. The van der Waals surface area contributed by atoms with Crippen LogP contribution in [0.4, 0.5) is 0 Å². The Morgan fingerprint density at radius 2 is 1.96 bits per heavy atom. The number of benzene rings is 1. The number of rotatable bonds is 7. The SMILES string of the molecule is Cc1cc(-c2nnc(CCC(=O)NCCc3ccccc3Cl)o2)c(C)o1. The van der Waals surface area contributed by atoms with Gasteiger partial charge in [0.1, 0.15) is 11.5 Å². The van der Waals surface area contributed by atoms with Crippen molar-refractivity contribution in [2.24, 2.45) is 0 Å². The maximum atomic E-state index is 12.0. The molecule has 26 heavy (non-hydrogen) atoms. The standard InChI is InChI=1S/C19H20ClN3O3/c1-12-11-15(13(2)25-12)19-23-22-18(26-19)8-7-17(24)21-10-9-14-5-3-4-6-16(14)20/h3-6,11H,7-10H2,1-2H3,(H,21,24). The van der Waals surface area contributed by atoms with E-state index in [9.17, 15) is 4.79 Å². The van der Waals surface area contributed by atoms with Crippen LogP contribution in [0.5, 0.6) is 0 Å². The molecule has 1 amide bonds. The summed E-state index contributed by atoms with van der Waals surface area (Å²) in [6, 6.07) is 9.46. The van der Waals surface area contributed by atoms with Crippen molar-refractivity contribution in [1.29, 1.82) is 0 Å². The molecule has 2 heterocycles. The largest absolute Gasteiger partial charge is 0.466 e. The van der Waals surface area contributed by atoms with Gasteiger partial charge in [-0.25, -0.2) is 0 Å². The highest BCUT2D eigenvalue weighted by Gasteiger charge is 2.15. The van der Waals surface area contributed by atoms with Gasteiger partial charge in [-0.2, -0.15) is 0 Å². The molecule has 0 saturated heterocycles. The number of nitrogens with one attached hydrogen (secondary N) is 1. The fraction of sp³-hybridized carbons (Fsp3) is 0.316. The van der Waals surface area contributed by atoms with Gasteiger partial charge in [-0.3, -0.25) is 4.79 Å². The second-order valence-electron chi connectivity index (χ2n) is 6.02. The third-order valence-corrected chi connectivity index (χ3v) is 4.35. The van der Waals surface area contributed by atoms with Crippen LogP contribution in [-0.4, -0.2) is 22.6 Å². The maximum absolute atomic E-state index is 12.0. The van der Waals surface area contributed by atoms with Crippen molar-refractivity contribution >= 4 is 17.5 Å². The number of aromatic nitrogens is 2. The van der Waals surface area contributed by atoms with Crippen molar-refractivity contribution in [3.8, 4) is 11.5 Å². The highest BCUT2D eigenvalue weighted by atomic mass is 35.5. The summed E-state index contributed by atoms with van der Waals surface area (Å²) < 4.78 is 11.1. The Labute approximate surface area is 156 Å². The molecule has 3 aromatic rings. The molecule has 1 aromatic carbocycles. The van der Waals surface area contributed by atoms with Gasteiger partial charge in [0, 0.05) is 24.4 Å². The summed E-state index contributed by atoms with van der Waals surface area (Å²) in [4.78, 5) is 12.0. The first-order valence-corrected chi connectivity index (χ1v) is 8.80. The lowest BCUT2D eigenvalue weighted by Gasteiger charge is -2.06. The Kier molecular flexibility index (Phi) is 5.73. The summed E-state index contributed by atoms with van der Waals surface area (Å²) in [5.74, 6) is 2.30. The van der Waals surface area contributed by atoms with E-state index in [1.165, 1.54) is 0 Å². The van der Waals surface area contributed by atoms with Crippen molar-refractivity contribution < 1.29 is 13.6 Å². The Bertz CT molecular complexity index is 901. The van der Waals surface area contributed by atoms with Gasteiger partial charge < -0.3 is 14.2 Å². The molecule has 1 N–H and O–H groups in total. The van der Waals surface area contributed by atoms with Gasteiger partial charge in [0.05, 0.1) is 5.56 Å². The Morgan fingerprint density at radius 1 is 1.15 bits per heavy atom. The highest BCUT2D eigenvalue weighted by Crippen LogP contribution is 2.25. The fourth-order valence-corrected chi connectivity index (χ4v) is 2.88. The van der Waals surface area contributed by atoms with Crippen LogP contribution in [0.1, 0.15) is 29.4 Å². The minimum Gasteiger partial charge on any atom is -0.466 e. The summed E-state index contributed by atoms with van der Waals surface area (Å²) in [6.07, 6.45) is 1.36. The first-order chi connectivity index (χ1) is 12.5. The minimum atomic E-state index is -0.0628. The quantitative estimate of drug-likeness (QED) is 0.679. The number of nitrogens with zero attached hydrogens (tertiary/aromatic N) is 2. The number of furan rings is 1. The zero-order valence-electron chi connectivity index (χ0n) is 14.7. The summed E-state index contributed by atoms with van der Waals surface area (Å²) in [5, 5.41) is 11.6. The molecule has 0 aliphatic carbocycles. The summed E-state index contributed by atoms with van der Waals surface area (Å²) in [5.41, 5.74) is 1.80. The van der Waals surface area contributed by atoms with E-state index in [4.69, 9.17) is 20.4 Å². The van der Waals surface area contributed by atoms with Crippen LogP contribution in [0.2, 0.25) is 5.02 Å². The average molecular weight is 374 g/mol. The van der Waals surface area contributed by atoms with Crippen LogP contribution in [-0.2, 0) is 17.6 Å². The molecule has 0 saturated carbocycles. The zero-order valence-corrected chi connectivity index (χ0v) is 15.5. The van der Waals surface area contributed by atoms with Gasteiger partial charge in [-0.15, -0.1) is 10.2 Å². The summed E-state index contributed by atoms with van der Waals surface area (Å²) in [7, 11) is 0. The van der Waals surface area contributed by atoms with E-state index in [1.807, 2.05) is 44.2 Å². The molecule has 0 spiro atoms. The van der Waals surface area contributed by atoms with E-state index < -0.39 is 0 Å². The average Bonchev–Trinajstić information content (AvgIpc) is 3.20. The molecular formula is C19H20ClN3O3. The Hall–Kier alpha value is -2.60. The van der Waals surface area contributed by atoms with Crippen LogP contribution in [0.15, 0.2) is 39.2 Å². The van der Waals surface area contributed by atoms with Gasteiger partial charge in [0.2, 0.25) is 11.8 Å². The number of aryl methyl sites for hydroxylation is 3. The Morgan fingerprint density at radius 3 is 2.69 bits per heavy atom. The van der Waals surface area contributed by atoms with E-state index in [0.717, 1.165) is 22.6 Å². The fourth-order valence-electron chi connectivity index (χ4n) is 2.65. The molecule has 136 valence electrons. The molecule has 2 aromatic heterocycles. The molecule has 0 bridgehead atoms. The van der Waals surface area contributed by atoms with Crippen LogP contribution in [0, 0.1) is 13.8 Å². The van der Waals surface area contributed by atoms with E-state index >= 15 is 0 Å². The van der Waals surface area contributed by atoms with Crippen molar-refractivity contribution in [2.75, 3.05) is 6.54 Å². The van der Waals surface area contributed by atoms with Gasteiger partial charge in [0.15, 0.2) is 0 Å². The zero-order chi connectivity index (χ0) is 18.5. The molecule has 0 unspecified atom stereocenters. The molecular weight excluding hydrogens is 354 g/mol. The lowest BCUT2D eigenvalue weighted by Crippen LogP contribution is -2.25. The lowest BCUT2D eigenvalue weighted by atomic mass is 10.1. The van der Waals surface area contributed by atoms with Gasteiger partial charge in [-0.05, 0) is 38.0 Å². The monoisotopic (exact) mass is 373 g/mol. The van der Waals surface area contributed by atoms with Crippen molar-refractivity contribution in [1.82, 2.24) is 15.5 Å². The third kappa shape index (κ3) is 4.52. The van der Waals surface area contributed by atoms with E-state index in [0.29, 0.717) is 36.2 Å². The van der Waals surface area contributed by atoms with Crippen LogP contribution in [0.3, 0.4) is 0 Å².